The Morgan fingerprint density at radius 1 is 1.16 bits per heavy atom. The minimum atomic E-state index is -0.772. The number of benzene rings is 2. The molecule has 2 aliphatic rings. The molecule has 1 fully saturated rings. The lowest BCUT2D eigenvalue weighted by molar-refractivity contribution is -0.0590. The van der Waals surface area contributed by atoms with E-state index < -0.39 is 11.7 Å². The largest absolute Gasteiger partial charge is 0.449 e. The van der Waals surface area contributed by atoms with Gasteiger partial charge in [0.05, 0.1) is 11.6 Å². The molecule has 4 rings (SSSR count). The van der Waals surface area contributed by atoms with E-state index in [-0.39, 0.29) is 12.0 Å². The zero-order chi connectivity index (χ0) is 17.4. The fraction of sp³-hybridized carbons (Fsp3) is 0.381. The summed E-state index contributed by atoms with van der Waals surface area (Å²) in [6.07, 6.45) is 2.01. The molecule has 2 aromatic rings. The van der Waals surface area contributed by atoms with Crippen LogP contribution < -0.4 is 5.32 Å². The average Bonchev–Trinajstić information content (AvgIpc) is 2.92. The smallest absolute Gasteiger partial charge is 0.407 e. The van der Waals surface area contributed by atoms with E-state index in [1.54, 1.807) is 0 Å². The molecule has 4 heteroatoms. The minimum Gasteiger partial charge on any atom is -0.449 e. The number of hydrogen-bond acceptors (Lipinski definition) is 3. The third-order valence-electron chi connectivity index (χ3n) is 5.70. The van der Waals surface area contributed by atoms with Crippen molar-refractivity contribution in [3.05, 3.63) is 59.7 Å². The van der Waals surface area contributed by atoms with Gasteiger partial charge in [-0.2, -0.15) is 0 Å². The van der Waals surface area contributed by atoms with E-state index >= 15 is 0 Å². The number of carbonyl (C=O) groups excluding carboxylic acids is 1. The summed E-state index contributed by atoms with van der Waals surface area (Å²) < 4.78 is 5.51. The van der Waals surface area contributed by atoms with E-state index in [1.807, 2.05) is 31.2 Å². The zero-order valence-corrected chi connectivity index (χ0v) is 14.4. The van der Waals surface area contributed by atoms with Crippen molar-refractivity contribution in [3.63, 3.8) is 0 Å². The van der Waals surface area contributed by atoms with Crippen LogP contribution in [-0.4, -0.2) is 29.4 Å². The summed E-state index contributed by atoms with van der Waals surface area (Å²) in [6, 6.07) is 16.2. The first-order valence-corrected chi connectivity index (χ1v) is 8.92. The molecular formula is C21H23NO3. The van der Waals surface area contributed by atoms with E-state index in [2.05, 4.69) is 29.6 Å². The van der Waals surface area contributed by atoms with E-state index in [0.717, 1.165) is 19.3 Å². The highest BCUT2D eigenvalue weighted by Crippen LogP contribution is 2.44. The van der Waals surface area contributed by atoms with Gasteiger partial charge in [-0.25, -0.2) is 4.79 Å². The summed E-state index contributed by atoms with van der Waals surface area (Å²) in [4.78, 5) is 12.2. The molecule has 1 unspecified atom stereocenters. The van der Waals surface area contributed by atoms with Gasteiger partial charge >= 0.3 is 6.09 Å². The maximum atomic E-state index is 12.2. The number of amides is 1. The molecule has 25 heavy (non-hydrogen) atoms. The van der Waals surface area contributed by atoms with E-state index in [0.29, 0.717) is 6.61 Å². The lowest BCUT2D eigenvalue weighted by Gasteiger charge is -2.41. The van der Waals surface area contributed by atoms with Gasteiger partial charge in [0.25, 0.3) is 0 Å². The van der Waals surface area contributed by atoms with Gasteiger partial charge in [-0.15, -0.1) is 0 Å². The van der Waals surface area contributed by atoms with Crippen molar-refractivity contribution in [3.8, 4) is 11.1 Å². The summed E-state index contributed by atoms with van der Waals surface area (Å²) in [5, 5.41) is 13.1. The Morgan fingerprint density at radius 3 is 2.24 bits per heavy atom. The lowest BCUT2D eigenvalue weighted by Crippen LogP contribution is -2.55. The predicted octanol–water partition coefficient (Wildman–Crippen LogP) is 3.83. The summed E-state index contributed by atoms with van der Waals surface area (Å²) in [5.41, 5.74) is 4.05. The molecule has 0 saturated heterocycles. The molecule has 0 spiro atoms. The monoisotopic (exact) mass is 337 g/mol. The molecule has 1 amide bonds. The highest BCUT2D eigenvalue weighted by atomic mass is 16.5. The predicted molar refractivity (Wildman–Crippen MR) is 96.5 cm³/mol. The van der Waals surface area contributed by atoms with Gasteiger partial charge in [-0.3, -0.25) is 0 Å². The standard InChI is InChI=1S/C21H23NO3/c1-14(21(24)11-6-12-21)22-20(23)25-13-19-17-9-4-2-7-15(17)16-8-3-5-10-18(16)19/h2-5,7-10,14,19,24H,6,11-13H2,1H3,(H,22,23). The number of fused-ring (bicyclic) bond motifs is 3. The molecule has 130 valence electrons. The van der Waals surface area contributed by atoms with Crippen molar-refractivity contribution < 1.29 is 14.6 Å². The van der Waals surface area contributed by atoms with Crippen LogP contribution in [0.15, 0.2) is 48.5 Å². The van der Waals surface area contributed by atoms with Crippen molar-refractivity contribution in [2.45, 2.75) is 43.7 Å². The van der Waals surface area contributed by atoms with Crippen LogP contribution in [0.4, 0.5) is 4.79 Å². The Bertz CT molecular complexity index is 752. The molecule has 1 saturated carbocycles. The number of alkyl carbamates (subject to hydrolysis) is 1. The van der Waals surface area contributed by atoms with Gasteiger partial charge in [-0.05, 0) is 48.4 Å². The quantitative estimate of drug-likeness (QED) is 0.891. The van der Waals surface area contributed by atoms with Gasteiger partial charge in [0.1, 0.15) is 6.61 Å². The highest BCUT2D eigenvalue weighted by molar-refractivity contribution is 5.79. The van der Waals surface area contributed by atoms with E-state index in [4.69, 9.17) is 4.74 Å². The molecule has 0 bridgehead atoms. The molecule has 0 radical (unpaired) electrons. The number of carbonyl (C=O) groups is 1. The van der Waals surface area contributed by atoms with Crippen molar-refractivity contribution >= 4 is 6.09 Å². The first-order valence-electron chi connectivity index (χ1n) is 8.92. The topological polar surface area (TPSA) is 58.6 Å². The van der Waals surface area contributed by atoms with Crippen LogP contribution >= 0.6 is 0 Å². The maximum absolute atomic E-state index is 12.2. The molecule has 1 atom stereocenters. The number of aliphatic hydroxyl groups is 1. The van der Waals surface area contributed by atoms with E-state index in [1.165, 1.54) is 22.3 Å². The van der Waals surface area contributed by atoms with Gasteiger partial charge < -0.3 is 15.2 Å². The fourth-order valence-electron chi connectivity index (χ4n) is 3.92. The van der Waals surface area contributed by atoms with Crippen LogP contribution in [0.3, 0.4) is 0 Å². The highest BCUT2D eigenvalue weighted by Gasteiger charge is 2.41. The normalized spacial score (nSPS) is 18.6. The average molecular weight is 337 g/mol. The molecule has 0 heterocycles. The summed E-state index contributed by atoms with van der Waals surface area (Å²) >= 11 is 0. The van der Waals surface area contributed by atoms with Crippen molar-refractivity contribution in [1.29, 1.82) is 0 Å². The Labute approximate surface area is 147 Å². The van der Waals surface area contributed by atoms with Gasteiger partial charge in [-0.1, -0.05) is 48.5 Å². The summed E-state index contributed by atoms with van der Waals surface area (Å²) in [6.45, 7) is 2.13. The maximum Gasteiger partial charge on any atom is 0.407 e. The summed E-state index contributed by atoms with van der Waals surface area (Å²) in [7, 11) is 0. The minimum absolute atomic E-state index is 0.0558. The second-order valence-corrected chi connectivity index (χ2v) is 7.15. The van der Waals surface area contributed by atoms with Crippen LogP contribution in [0.5, 0.6) is 0 Å². The van der Waals surface area contributed by atoms with Crippen LogP contribution in [0, 0.1) is 0 Å². The van der Waals surface area contributed by atoms with Crippen LogP contribution in [0.2, 0.25) is 0 Å². The SMILES string of the molecule is CC(NC(=O)OCC1c2ccccc2-c2ccccc21)C1(O)CCC1. The van der Waals surface area contributed by atoms with Crippen LogP contribution in [0.1, 0.15) is 43.2 Å². The fourth-order valence-corrected chi connectivity index (χ4v) is 3.92. The second-order valence-electron chi connectivity index (χ2n) is 7.15. The van der Waals surface area contributed by atoms with Crippen molar-refractivity contribution in [2.24, 2.45) is 0 Å². The number of rotatable bonds is 4. The first-order chi connectivity index (χ1) is 12.1. The van der Waals surface area contributed by atoms with Gasteiger partial charge in [0.15, 0.2) is 0 Å². The van der Waals surface area contributed by atoms with Crippen molar-refractivity contribution in [1.82, 2.24) is 5.32 Å². The third-order valence-corrected chi connectivity index (χ3v) is 5.70. The van der Waals surface area contributed by atoms with Crippen LogP contribution in [-0.2, 0) is 4.74 Å². The Morgan fingerprint density at radius 2 is 1.72 bits per heavy atom. The Balaban J connectivity index is 1.45. The van der Waals surface area contributed by atoms with Crippen molar-refractivity contribution in [2.75, 3.05) is 6.61 Å². The molecule has 0 aliphatic heterocycles. The van der Waals surface area contributed by atoms with Gasteiger partial charge in [0, 0.05) is 5.92 Å². The molecule has 2 aromatic carbocycles. The zero-order valence-electron chi connectivity index (χ0n) is 14.4. The van der Waals surface area contributed by atoms with Gasteiger partial charge in [0.2, 0.25) is 0 Å². The molecular weight excluding hydrogens is 314 g/mol. The van der Waals surface area contributed by atoms with E-state index in [9.17, 15) is 9.90 Å². The molecule has 2 aliphatic carbocycles. The number of nitrogens with one attached hydrogen (secondary N) is 1. The van der Waals surface area contributed by atoms with Crippen LogP contribution in [0.25, 0.3) is 11.1 Å². The third kappa shape index (κ3) is 2.81. The first kappa shape index (κ1) is 16.2. The second kappa shape index (κ2) is 6.19. The Kier molecular flexibility index (Phi) is 4.00. The number of ether oxygens (including phenoxy) is 1. The lowest BCUT2D eigenvalue weighted by atomic mass is 9.75. The Hall–Kier alpha value is -2.33. The molecule has 4 nitrogen and oxygen atoms in total. The molecule has 2 N–H and O–H groups in total. The number of hydrogen-bond donors (Lipinski definition) is 2. The molecule has 0 aromatic heterocycles. The summed E-state index contributed by atoms with van der Waals surface area (Å²) in [5.74, 6) is 0.0558.